The number of nitrogens with zero attached hydrogens (tertiary/aromatic N) is 4. The van der Waals surface area contributed by atoms with Crippen molar-refractivity contribution in [3.63, 3.8) is 0 Å². The molecule has 184 valence electrons. The molecule has 1 aliphatic heterocycles. The molecule has 34 heavy (non-hydrogen) atoms. The second kappa shape index (κ2) is 14.7. The van der Waals surface area contributed by atoms with Crippen LogP contribution in [0.4, 0.5) is 11.5 Å². The van der Waals surface area contributed by atoms with E-state index >= 15 is 0 Å². The van der Waals surface area contributed by atoms with E-state index in [0.29, 0.717) is 12.8 Å². The van der Waals surface area contributed by atoms with Gasteiger partial charge >= 0.3 is 0 Å². The molecule has 0 radical (unpaired) electrons. The fraction of sp³-hybridized carbons (Fsp3) is 0.400. The lowest BCUT2D eigenvalue weighted by molar-refractivity contribution is -0.117. The summed E-state index contributed by atoms with van der Waals surface area (Å²) in [5, 5.41) is 14.8. The van der Waals surface area contributed by atoms with Gasteiger partial charge < -0.3 is 20.9 Å². The van der Waals surface area contributed by atoms with Gasteiger partial charge in [-0.3, -0.25) is 9.69 Å². The van der Waals surface area contributed by atoms with Gasteiger partial charge in [-0.2, -0.15) is 5.10 Å². The van der Waals surface area contributed by atoms with Gasteiger partial charge in [-0.05, 0) is 56.1 Å². The Hall–Kier alpha value is -3.43. The standard InChI is InChI=1S/C19H23N5O.C5H9NO.CH4O/c1-25-17-7-5-6-16(12-17)22-19-18-15(8-11-24(18)21-14-20-19)13-23-9-3-2-4-10-23;1-2-3-4-5(6)7;1-2/h5-8,11-12,14H,2-4,9-10,13H2,1H3,(H,20,21,22);2H,1,3-4H2,(H2,6,7);2H,1H3. The number of methoxy groups -OCH3 is 1. The van der Waals surface area contributed by atoms with Gasteiger partial charge in [0.15, 0.2) is 5.82 Å². The first kappa shape index (κ1) is 26.8. The van der Waals surface area contributed by atoms with Crippen molar-refractivity contribution in [3.05, 3.63) is 61.1 Å². The van der Waals surface area contributed by atoms with Crippen LogP contribution in [0.3, 0.4) is 0 Å². The zero-order valence-electron chi connectivity index (χ0n) is 20.1. The summed E-state index contributed by atoms with van der Waals surface area (Å²) in [4.78, 5) is 16.9. The van der Waals surface area contributed by atoms with Crippen LogP contribution >= 0.6 is 0 Å². The second-order valence-corrected chi connectivity index (χ2v) is 7.73. The Morgan fingerprint density at radius 2 is 2.03 bits per heavy atom. The summed E-state index contributed by atoms with van der Waals surface area (Å²) in [6.07, 6.45) is 10.3. The molecule has 1 saturated heterocycles. The smallest absolute Gasteiger partial charge is 0.217 e. The summed E-state index contributed by atoms with van der Waals surface area (Å²) >= 11 is 0. The Morgan fingerprint density at radius 3 is 2.68 bits per heavy atom. The highest BCUT2D eigenvalue weighted by Crippen LogP contribution is 2.26. The highest BCUT2D eigenvalue weighted by Gasteiger charge is 2.15. The highest BCUT2D eigenvalue weighted by molar-refractivity contribution is 5.76. The van der Waals surface area contributed by atoms with Crippen LogP contribution in [-0.2, 0) is 11.3 Å². The molecule has 4 N–H and O–H groups in total. The molecule has 3 aromatic rings. The molecule has 9 heteroatoms. The summed E-state index contributed by atoms with van der Waals surface area (Å²) in [6.45, 7) is 6.71. The third-order valence-electron chi connectivity index (χ3n) is 5.31. The molecule has 4 rings (SSSR count). The van der Waals surface area contributed by atoms with Crippen LogP contribution in [0.15, 0.2) is 55.5 Å². The van der Waals surface area contributed by atoms with Gasteiger partial charge in [-0.25, -0.2) is 9.50 Å². The van der Waals surface area contributed by atoms with Gasteiger partial charge in [-0.15, -0.1) is 6.58 Å². The predicted molar refractivity (Wildman–Crippen MR) is 135 cm³/mol. The number of aliphatic hydroxyl groups excluding tert-OH is 1. The summed E-state index contributed by atoms with van der Waals surface area (Å²) < 4.78 is 7.20. The fourth-order valence-electron chi connectivity index (χ4n) is 3.68. The van der Waals surface area contributed by atoms with E-state index in [2.05, 4.69) is 32.9 Å². The first-order chi connectivity index (χ1) is 16.6. The van der Waals surface area contributed by atoms with Gasteiger partial charge in [0.25, 0.3) is 0 Å². The summed E-state index contributed by atoms with van der Waals surface area (Å²) in [7, 11) is 2.67. The number of likely N-dealkylation sites (tertiary alicyclic amines) is 1. The Balaban J connectivity index is 0.000000393. The van der Waals surface area contributed by atoms with Gasteiger partial charge in [0.1, 0.15) is 17.6 Å². The van der Waals surface area contributed by atoms with E-state index in [1.165, 1.54) is 37.9 Å². The van der Waals surface area contributed by atoms with Crippen molar-refractivity contribution in [1.82, 2.24) is 19.5 Å². The molecule has 2 aromatic heterocycles. The SMILES string of the molecule is C=CCCC(N)=O.CO.COc1cccc(Nc2ncnn3ccc(CN4CCCCC4)c23)c1. The molecule has 0 bridgehead atoms. The number of fused-ring (bicyclic) bond motifs is 1. The second-order valence-electron chi connectivity index (χ2n) is 7.73. The van der Waals surface area contributed by atoms with Crippen molar-refractivity contribution in [3.8, 4) is 5.75 Å². The number of nitrogens with two attached hydrogens (primary N) is 1. The number of rotatable bonds is 8. The first-order valence-electron chi connectivity index (χ1n) is 11.4. The van der Waals surface area contributed by atoms with Gasteiger partial charge in [0.2, 0.25) is 5.91 Å². The average Bonchev–Trinajstić information content (AvgIpc) is 3.29. The molecule has 9 nitrogen and oxygen atoms in total. The van der Waals surface area contributed by atoms with Crippen LogP contribution in [-0.4, -0.2) is 57.8 Å². The van der Waals surface area contributed by atoms with Crippen molar-refractivity contribution in [2.24, 2.45) is 5.73 Å². The number of anilines is 2. The van der Waals surface area contributed by atoms with E-state index < -0.39 is 0 Å². The molecule has 0 aliphatic carbocycles. The van der Waals surface area contributed by atoms with Crippen molar-refractivity contribution in [1.29, 1.82) is 0 Å². The van der Waals surface area contributed by atoms with E-state index in [1.54, 1.807) is 19.5 Å². The van der Waals surface area contributed by atoms with Crippen molar-refractivity contribution in [2.75, 3.05) is 32.6 Å². The van der Waals surface area contributed by atoms with Crippen LogP contribution in [0.25, 0.3) is 5.52 Å². The monoisotopic (exact) mass is 468 g/mol. The molecule has 0 atom stereocenters. The van der Waals surface area contributed by atoms with Gasteiger partial charge in [0, 0.05) is 38.0 Å². The maximum absolute atomic E-state index is 9.93. The van der Waals surface area contributed by atoms with E-state index in [9.17, 15) is 4.79 Å². The molecule has 0 spiro atoms. The predicted octanol–water partition coefficient (Wildman–Crippen LogP) is 3.51. The molecule has 1 aliphatic rings. The number of primary amides is 1. The minimum absolute atomic E-state index is 0.264. The van der Waals surface area contributed by atoms with Crippen molar-refractivity contribution < 1.29 is 14.6 Å². The number of allylic oxidation sites excluding steroid dienone is 1. The fourth-order valence-corrected chi connectivity index (χ4v) is 3.68. The minimum atomic E-state index is -0.264. The number of benzene rings is 1. The zero-order chi connectivity index (χ0) is 24.8. The lowest BCUT2D eigenvalue weighted by Crippen LogP contribution is -2.29. The molecule has 1 amide bonds. The summed E-state index contributed by atoms with van der Waals surface area (Å²) in [5.74, 6) is 1.37. The van der Waals surface area contributed by atoms with E-state index in [1.807, 2.05) is 35.0 Å². The van der Waals surface area contributed by atoms with Gasteiger partial charge in [-0.1, -0.05) is 18.6 Å². The average molecular weight is 469 g/mol. The number of piperidine rings is 1. The Morgan fingerprint density at radius 1 is 1.26 bits per heavy atom. The number of carbonyl (C=O) groups is 1. The van der Waals surface area contributed by atoms with E-state index in [-0.39, 0.29) is 5.91 Å². The number of amides is 1. The Bertz CT molecular complexity index is 1030. The number of aliphatic hydroxyl groups is 1. The molecule has 1 aromatic carbocycles. The maximum Gasteiger partial charge on any atom is 0.217 e. The topological polar surface area (TPSA) is 118 Å². The Kier molecular flexibility index (Phi) is 11.6. The number of hydrogen-bond acceptors (Lipinski definition) is 7. The number of hydrogen-bond donors (Lipinski definition) is 3. The number of ether oxygens (including phenoxy) is 1. The molecular weight excluding hydrogens is 432 g/mol. The highest BCUT2D eigenvalue weighted by atomic mass is 16.5. The lowest BCUT2D eigenvalue weighted by atomic mass is 10.1. The number of carbonyl (C=O) groups excluding carboxylic acids is 1. The number of aromatic nitrogens is 3. The zero-order valence-corrected chi connectivity index (χ0v) is 20.1. The quantitative estimate of drug-likeness (QED) is 0.433. The van der Waals surface area contributed by atoms with E-state index in [0.717, 1.165) is 36.4 Å². The van der Waals surface area contributed by atoms with E-state index in [4.69, 9.17) is 15.6 Å². The molecule has 0 saturated carbocycles. The largest absolute Gasteiger partial charge is 0.497 e. The summed E-state index contributed by atoms with van der Waals surface area (Å²) in [6, 6.07) is 10.0. The molecular formula is C25H36N6O3. The first-order valence-corrected chi connectivity index (χ1v) is 11.4. The normalized spacial score (nSPS) is 13.1. The molecule has 3 heterocycles. The van der Waals surface area contributed by atoms with Crippen LogP contribution in [0.2, 0.25) is 0 Å². The molecule has 0 unspecified atom stereocenters. The Labute approximate surface area is 201 Å². The van der Waals surface area contributed by atoms with Crippen LogP contribution < -0.4 is 15.8 Å². The minimum Gasteiger partial charge on any atom is -0.497 e. The van der Waals surface area contributed by atoms with Crippen LogP contribution in [0, 0.1) is 0 Å². The number of nitrogens with one attached hydrogen (secondary N) is 1. The molecule has 1 fully saturated rings. The third kappa shape index (κ3) is 8.17. The summed E-state index contributed by atoms with van der Waals surface area (Å²) in [5.41, 5.74) is 8.04. The van der Waals surface area contributed by atoms with Crippen LogP contribution in [0.1, 0.15) is 37.7 Å². The van der Waals surface area contributed by atoms with Crippen LogP contribution in [0.5, 0.6) is 5.75 Å². The third-order valence-corrected chi connectivity index (χ3v) is 5.31. The maximum atomic E-state index is 9.93. The van der Waals surface area contributed by atoms with Gasteiger partial charge in [0.05, 0.1) is 7.11 Å². The lowest BCUT2D eigenvalue weighted by Gasteiger charge is -2.26. The van der Waals surface area contributed by atoms with Crippen molar-refractivity contribution in [2.45, 2.75) is 38.6 Å². The van der Waals surface area contributed by atoms with Crippen molar-refractivity contribution >= 4 is 22.9 Å².